The largest absolute Gasteiger partial charge is 0.359 e. The first kappa shape index (κ1) is 12.0. The molecule has 0 aliphatic rings. The molecule has 0 bridgehead atoms. The van der Waals surface area contributed by atoms with E-state index < -0.39 is 0 Å². The van der Waals surface area contributed by atoms with Crippen LogP contribution >= 0.6 is 11.6 Å². The van der Waals surface area contributed by atoms with Crippen LogP contribution in [-0.2, 0) is 4.79 Å². The molecule has 0 atom stereocenters. The van der Waals surface area contributed by atoms with E-state index in [1.54, 1.807) is 13.1 Å². The first-order chi connectivity index (χ1) is 7.13. The molecule has 1 amide bonds. The number of benzene rings is 1. The molecule has 4 heteroatoms. The van der Waals surface area contributed by atoms with Crippen molar-refractivity contribution in [2.24, 2.45) is 0 Å². The molecule has 0 fully saturated rings. The van der Waals surface area contributed by atoms with Crippen molar-refractivity contribution in [3.8, 4) is 0 Å². The molecule has 2 nitrogen and oxygen atoms in total. The Hall–Kier alpha value is -1.09. The van der Waals surface area contributed by atoms with Crippen molar-refractivity contribution < 1.29 is 9.18 Å². The van der Waals surface area contributed by atoms with Crippen LogP contribution in [0.3, 0.4) is 0 Å². The fraction of sp³-hybridized carbons (Fsp3) is 0.273. The molecule has 0 saturated carbocycles. The van der Waals surface area contributed by atoms with Crippen LogP contribution < -0.4 is 5.32 Å². The maximum Gasteiger partial charge on any atom is 0.219 e. The van der Waals surface area contributed by atoms with Gasteiger partial charge >= 0.3 is 0 Å². The molecule has 1 aromatic carbocycles. The molecule has 1 N–H and O–H groups in total. The molecule has 1 radical (unpaired) electrons. The highest BCUT2D eigenvalue weighted by Gasteiger charge is 2.03. The van der Waals surface area contributed by atoms with Crippen LogP contribution in [0.4, 0.5) is 4.39 Å². The molecule has 0 spiro atoms. The zero-order valence-corrected chi connectivity index (χ0v) is 9.14. The van der Waals surface area contributed by atoms with Gasteiger partial charge in [-0.05, 0) is 30.5 Å². The number of carbonyl (C=O) groups is 1. The standard InChI is InChI=1S/C11H12ClFNO/c1-14-11(15)4-2-3-8-5-6-9(13)7-10(8)12/h3,5-7H,2,4H2,1H3,(H,14,15). The maximum atomic E-state index is 12.7. The van der Waals surface area contributed by atoms with Gasteiger partial charge in [-0.25, -0.2) is 4.39 Å². The van der Waals surface area contributed by atoms with Gasteiger partial charge < -0.3 is 5.32 Å². The van der Waals surface area contributed by atoms with Gasteiger partial charge in [0.15, 0.2) is 0 Å². The van der Waals surface area contributed by atoms with E-state index in [1.165, 1.54) is 12.1 Å². The van der Waals surface area contributed by atoms with Crippen molar-refractivity contribution in [1.82, 2.24) is 5.32 Å². The Labute approximate surface area is 93.4 Å². The summed E-state index contributed by atoms with van der Waals surface area (Å²) in [6, 6.07) is 4.20. The van der Waals surface area contributed by atoms with Crippen molar-refractivity contribution in [1.29, 1.82) is 0 Å². The van der Waals surface area contributed by atoms with E-state index >= 15 is 0 Å². The number of rotatable bonds is 4. The zero-order chi connectivity index (χ0) is 11.3. The molecule has 81 valence electrons. The summed E-state index contributed by atoms with van der Waals surface area (Å²) in [5.41, 5.74) is 0.752. The van der Waals surface area contributed by atoms with E-state index in [1.807, 2.05) is 6.42 Å². The van der Waals surface area contributed by atoms with Gasteiger partial charge in [-0.2, -0.15) is 0 Å². The summed E-state index contributed by atoms with van der Waals surface area (Å²) < 4.78 is 12.7. The number of hydrogen-bond donors (Lipinski definition) is 1. The first-order valence-electron chi connectivity index (χ1n) is 4.62. The van der Waals surface area contributed by atoms with Gasteiger partial charge in [0.2, 0.25) is 5.91 Å². The summed E-state index contributed by atoms with van der Waals surface area (Å²) in [6.45, 7) is 0. The highest BCUT2D eigenvalue weighted by molar-refractivity contribution is 6.31. The molecule has 0 heterocycles. The van der Waals surface area contributed by atoms with Gasteiger partial charge in [0.25, 0.3) is 0 Å². The SMILES string of the molecule is CNC(=O)CC[CH]c1ccc(F)cc1Cl. The summed E-state index contributed by atoms with van der Waals surface area (Å²) in [7, 11) is 1.59. The van der Waals surface area contributed by atoms with E-state index in [0.717, 1.165) is 5.56 Å². The predicted octanol–water partition coefficient (Wildman–Crippen LogP) is 2.56. The average molecular weight is 229 g/mol. The van der Waals surface area contributed by atoms with Crippen LogP contribution in [0.1, 0.15) is 18.4 Å². The minimum Gasteiger partial charge on any atom is -0.359 e. The average Bonchev–Trinajstić information content (AvgIpc) is 2.21. The Bertz CT molecular complexity index is 354. The van der Waals surface area contributed by atoms with Crippen molar-refractivity contribution in [3.05, 3.63) is 41.0 Å². The zero-order valence-electron chi connectivity index (χ0n) is 8.39. The molecular formula is C11H12ClFNO. The fourth-order valence-corrected chi connectivity index (χ4v) is 1.40. The Balaban J connectivity index is 2.47. The number of halogens is 2. The topological polar surface area (TPSA) is 29.1 Å². The van der Waals surface area contributed by atoms with E-state index in [4.69, 9.17) is 11.6 Å². The summed E-state index contributed by atoms with van der Waals surface area (Å²) in [6.07, 6.45) is 2.81. The second-order valence-electron chi connectivity index (χ2n) is 3.08. The quantitative estimate of drug-likeness (QED) is 0.843. The molecule has 0 aliphatic heterocycles. The Morgan fingerprint density at radius 1 is 1.60 bits per heavy atom. The van der Waals surface area contributed by atoms with Gasteiger partial charge in [0.05, 0.1) is 0 Å². The first-order valence-corrected chi connectivity index (χ1v) is 5.00. The highest BCUT2D eigenvalue weighted by atomic mass is 35.5. The smallest absolute Gasteiger partial charge is 0.219 e. The summed E-state index contributed by atoms with van der Waals surface area (Å²) in [5.74, 6) is -0.382. The molecular weight excluding hydrogens is 217 g/mol. The third-order valence-corrected chi connectivity index (χ3v) is 2.30. The molecule has 0 saturated heterocycles. The lowest BCUT2D eigenvalue weighted by Gasteiger charge is -2.03. The minimum atomic E-state index is -0.358. The Kier molecular flexibility index (Phi) is 4.56. The lowest BCUT2D eigenvalue weighted by atomic mass is 10.1. The molecule has 0 aromatic heterocycles. The van der Waals surface area contributed by atoms with Gasteiger partial charge in [-0.3, -0.25) is 4.79 Å². The van der Waals surface area contributed by atoms with Gasteiger partial charge in [0.1, 0.15) is 5.82 Å². The minimum absolute atomic E-state index is 0.0236. The summed E-state index contributed by atoms with van der Waals surface area (Å²) >= 11 is 5.81. The Morgan fingerprint density at radius 3 is 2.93 bits per heavy atom. The Morgan fingerprint density at radius 2 is 2.33 bits per heavy atom. The maximum absolute atomic E-state index is 12.7. The number of nitrogens with one attached hydrogen (secondary N) is 1. The molecule has 1 aromatic rings. The summed E-state index contributed by atoms with van der Waals surface area (Å²) in [4.78, 5) is 10.9. The van der Waals surface area contributed by atoms with Crippen LogP contribution in [-0.4, -0.2) is 13.0 Å². The van der Waals surface area contributed by atoms with Crippen LogP contribution in [0.15, 0.2) is 18.2 Å². The van der Waals surface area contributed by atoms with E-state index in [9.17, 15) is 9.18 Å². The van der Waals surface area contributed by atoms with E-state index in [-0.39, 0.29) is 11.7 Å². The predicted molar refractivity (Wildman–Crippen MR) is 58.1 cm³/mol. The highest BCUT2D eigenvalue weighted by Crippen LogP contribution is 2.20. The number of hydrogen-bond acceptors (Lipinski definition) is 1. The normalized spacial score (nSPS) is 10.1. The van der Waals surface area contributed by atoms with Gasteiger partial charge in [-0.15, -0.1) is 0 Å². The summed E-state index contributed by atoms with van der Waals surface area (Å²) in [5, 5.41) is 2.89. The monoisotopic (exact) mass is 228 g/mol. The lowest BCUT2D eigenvalue weighted by Crippen LogP contribution is -2.16. The van der Waals surface area contributed by atoms with E-state index in [0.29, 0.717) is 17.9 Å². The van der Waals surface area contributed by atoms with Crippen molar-refractivity contribution in [2.45, 2.75) is 12.8 Å². The molecule has 15 heavy (non-hydrogen) atoms. The van der Waals surface area contributed by atoms with Crippen LogP contribution in [0, 0.1) is 12.2 Å². The van der Waals surface area contributed by atoms with Gasteiger partial charge in [0, 0.05) is 18.5 Å². The molecule has 0 aliphatic carbocycles. The second kappa shape index (κ2) is 5.71. The van der Waals surface area contributed by atoms with Gasteiger partial charge in [-0.1, -0.05) is 17.7 Å². The third kappa shape index (κ3) is 3.88. The van der Waals surface area contributed by atoms with Crippen molar-refractivity contribution in [3.63, 3.8) is 0 Å². The van der Waals surface area contributed by atoms with Crippen molar-refractivity contribution in [2.75, 3.05) is 7.05 Å². The van der Waals surface area contributed by atoms with Crippen LogP contribution in [0.25, 0.3) is 0 Å². The lowest BCUT2D eigenvalue weighted by molar-refractivity contribution is -0.120. The fourth-order valence-electron chi connectivity index (χ4n) is 1.15. The number of carbonyl (C=O) groups excluding carboxylic acids is 1. The second-order valence-corrected chi connectivity index (χ2v) is 3.49. The van der Waals surface area contributed by atoms with Crippen LogP contribution in [0.5, 0.6) is 0 Å². The van der Waals surface area contributed by atoms with E-state index in [2.05, 4.69) is 5.32 Å². The molecule has 1 rings (SSSR count). The van der Waals surface area contributed by atoms with Crippen molar-refractivity contribution >= 4 is 17.5 Å². The number of amides is 1. The molecule has 0 unspecified atom stereocenters. The van der Waals surface area contributed by atoms with Crippen LogP contribution in [0.2, 0.25) is 5.02 Å². The third-order valence-electron chi connectivity index (χ3n) is 1.98.